The van der Waals surface area contributed by atoms with Gasteiger partial charge in [0.25, 0.3) is 5.56 Å². The summed E-state index contributed by atoms with van der Waals surface area (Å²) in [5.74, 6) is 0. The molecule has 1 aromatic heterocycles. The van der Waals surface area contributed by atoms with Crippen LogP contribution in [0.3, 0.4) is 0 Å². The van der Waals surface area contributed by atoms with Gasteiger partial charge in [-0.2, -0.15) is 0 Å². The third-order valence-corrected chi connectivity index (χ3v) is 2.32. The fourth-order valence-electron chi connectivity index (χ4n) is 1.59. The van der Waals surface area contributed by atoms with Crippen LogP contribution in [0.5, 0.6) is 0 Å². The van der Waals surface area contributed by atoms with Crippen molar-refractivity contribution >= 4 is 0 Å². The summed E-state index contributed by atoms with van der Waals surface area (Å²) in [5, 5.41) is 0. The summed E-state index contributed by atoms with van der Waals surface area (Å²) >= 11 is 0. The van der Waals surface area contributed by atoms with Gasteiger partial charge in [0.2, 0.25) is 0 Å². The summed E-state index contributed by atoms with van der Waals surface area (Å²) in [6.07, 6.45) is 0. The Bertz CT molecular complexity index is 432. The maximum Gasteiger partial charge on any atom is 0.328 e. The Balaban J connectivity index is 2.74. The monoisotopic (exact) mass is 197 g/mol. The van der Waals surface area contributed by atoms with E-state index in [9.17, 15) is 9.59 Å². The average Bonchev–Trinajstić information content (AvgIpc) is 2.18. The first-order valence-corrected chi connectivity index (χ1v) is 4.36. The Morgan fingerprint density at radius 2 is 2.29 bits per heavy atom. The lowest BCUT2D eigenvalue weighted by Gasteiger charge is -2.19. The molecule has 1 aliphatic rings. The van der Waals surface area contributed by atoms with E-state index in [-0.39, 0.29) is 18.8 Å². The number of nitrogens with zero attached hydrogens (tertiary/aromatic N) is 1. The highest BCUT2D eigenvalue weighted by molar-refractivity contribution is 5.17. The van der Waals surface area contributed by atoms with E-state index in [0.717, 1.165) is 0 Å². The van der Waals surface area contributed by atoms with Crippen molar-refractivity contribution in [1.29, 1.82) is 0 Å². The number of H-pyrrole nitrogens is 1. The summed E-state index contributed by atoms with van der Waals surface area (Å²) in [6.45, 7) is 1.36. The van der Waals surface area contributed by atoms with Crippen LogP contribution in [0.2, 0.25) is 0 Å². The second-order valence-electron chi connectivity index (χ2n) is 3.09. The number of hydrogen-bond acceptors (Lipinski definition) is 4. The van der Waals surface area contributed by atoms with Crippen LogP contribution in [-0.2, 0) is 24.4 Å². The molecule has 0 bridgehead atoms. The maximum atomic E-state index is 11.4. The van der Waals surface area contributed by atoms with Crippen LogP contribution in [0.25, 0.3) is 0 Å². The lowest BCUT2D eigenvalue weighted by Crippen LogP contribution is -2.39. The van der Waals surface area contributed by atoms with Gasteiger partial charge in [-0.05, 0) is 0 Å². The summed E-state index contributed by atoms with van der Waals surface area (Å²) in [7, 11) is 0. The minimum atomic E-state index is -0.408. The van der Waals surface area contributed by atoms with Crippen molar-refractivity contribution in [2.45, 2.75) is 19.7 Å². The molecule has 0 radical (unpaired) electrons. The number of ether oxygens (including phenoxy) is 1. The first-order chi connectivity index (χ1) is 6.74. The lowest BCUT2D eigenvalue weighted by molar-refractivity contribution is 0.0805. The molecule has 6 nitrogen and oxygen atoms in total. The summed E-state index contributed by atoms with van der Waals surface area (Å²) in [6, 6.07) is 0. The normalized spacial score (nSPS) is 15.2. The molecule has 0 aliphatic carbocycles. The van der Waals surface area contributed by atoms with Crippen LogP contribution in [-0.4, -0.2) is 16.2 Å². The molecule has 1 aromatic rings. The zero-order valence-corrected chi connectivity index (χ0v) is 7.58. The molecule has 3 N–H and O–H groups in total. The molecule has 0 spiro atoms. The van der Waals surface area contributed by atoms with Gasteiger partial charge in [-0.25, -0.2) is 4.79 Å². The molecule has 6 heteroatoms. The Morgan fingerprint density at radius 3 is 3.00 bits per heavy atom. The Labute approximate surface area is 79.3 Å². The molecule has 1 aliphatic heterocycles. The van der Waals surface area contributed by atoms with Gasteiger partial charge in [0.15, 0.2) is 0 Å². The minimum Gasteiger partial charge on any atom is -0.373 e. The van der Waals surface area contributed by atoms with E-state index < -0.39 is 5.56 Å². The molecule has 0 atom stereocenters. The van der Waals surface area contributed by atoms with Crippen molar-refractivity contribution in [3.8, 4) is 0 Å². The van der Waals surface area contributed by atoms with E-state index in [4.69, 9.17) is 10.5 Å². The summed E-state index contributed by atoms with van der Waals surface area (Å²) in [5.41, 5.74) is 5.68. The third-order valence-electron chi connectivity index (χ3n) is 2.32. The Kier molecular flexibility index (Phi) is 2.22. The number of nitrogens with two attached hydrogens (primary N) is 1. The van der Waals surface area contributed by atoms with Crippen molar-refractivity contribution in [3.05, 3.63) is 32.1 Å². The van der Waals surface area contributed by atoms with Gasteiger partial charge in [-0.15, -0.1) is 0 Å². The second kappa shape index (κ2) is 3.39. The molecule has 76 valence electrons. The van der Waals surface area contributed by atoms with E-state index in [1.54, 1.807) is 0 Å². The highest BCUT2D eigenvalue weighted by Crippen LogP contribution is 2.07. The molecule has 2 heterocycles. The SMILES string of the molecule is NCc1c2n(c(=O)[nH]c1=O)CCOC2. The van der Waals surface area contributed by atoms with Crippen molar-refractivity contribution in [2.24, 2.45) is 5.73 Å². The molecule has 2 rings (SSSR count). The van der Waals surface area contributed by atoms with E-state index >= 15 is 0 Å². The van der Waals surface area contributed by atoms with Crippen LogP contribution < -0.4 is 17.0 Å². The Morgan fingerprint density at radius 1 is 1.50 bits per heavy atom. The number of aromatic nitrogens is 2. The zero-order valence-electron chi connectivity index (χ0n) is 7.58. The summed E-state index contributed by atoms with van der Waals surface area (Å²) in [4.78, 5) is 24.9. The van der Waals surface area contributed by atoms with Crippen LogP contribution in [0.1, 0.15) is 11.3 Å². The lowest BCUT2D eigenvalue weighted by atomic mass is 10.2. The molecule has 0 unspecified atom stereocenters. The standard InChI is InChI=1S/C8H11N3O3/c9-3-5-6-4-14-2-1-11(6)8(13)10-7(5)12/h1-4,9H2,(H,10,12,13). The Hall–Kier alpha value is -1.40. The van der Waals surface area contributed by atoms with Gasteiger partial charge >= 0.3 is 5.69 Å². The van der Waals surface area contributed by atoms with Crippen molar-refractivity contribution in [1.82, 2.24) is 9.55 Å². The summed E-state index contributed by atoms with van der Waals surface area (Å²) < 4.78 is 6.69. The molecule has 0 aromatic carbocycles. The number of hydrogen-bond donors (Lipinski definition) is 2. The maximum absolute atomic E-state index is 11.4. The van der Waals surface area contributed by atoms with Crippen molar-refractivity contribution in [3.63, 3.8) is 0 Å². The molecule has 0 saturated carbocycles. The van der Waals surface area contributed by atoms with Crippen LogP contribution in [0.15, 0.2) is 9.59 Å². The van der Waals surface area contributed by atoms with Gasteiger partial charge in [0, 0.05) is 6.54 Å². The number of nitrogens with one attached hydrogen (secondary N) is 1. The first kappa shape index (κ1) is 9.17. The molecule has 0 fully saturated rings. The number of aromatic amines is 1. The molecule has 0 saturated heterocycles. The fraction of sp³-hybridized carbons (Fsp3) is 0.500. The number of fused-ring (bicyclic) bond motifs is 1. The fourth-order valence-corrected chi connectivity index (χ4v) is 1.59. The van der Waals surface area contributed by atoms with Gasteiger partial charge < -0.3 is 10.5 Å². The predicted molar refractivity (Wildman–Crippen MR) is 48.9 cm³/mol. The molecular formula is C8H11N3O3. The van der Waals surface area contributed by atoms with E-state index in [1.807, 2.05) is 0 Å². The smallest absolute Gasteiger partial charge is 0.328 e. The zero-order chi connectivity index (χ0) is 10.1. The van der Waals surface area contributed by atoms with Gasteiger partial charge in [0.1, 0.15) is 0 Å². The molecular weight excluding hydrogens is 186 g/mol. The van der Waals surface area contributed by atoms with Gasteiger partial charge in [0.05, 0.1) is 31.0 Å². The second-order valence-corrected chi connectivity index (χ2v) is 3.09. The predicted octanol–water partition coefficient (Wildman–Crippen LogP) is -1.47. The van der Waals surface area contributed by atoms with Crippen LogP contribution in [0.4, 0.5) is 0 Å². The van der Waals surface area contributed by atoms with Crippen LogP contribution in [0, 0.1) is 0 Å². The first-order valence-electron chi connectivity index (χ1n) is 4.36. The quantitative estimate of drug-likeness (QED) is 0.574. The van der Waals surface area contributed by atoms with Crippen molar-refractivity contribution < 1.29 is 4.74 Å². The van der Waals surface area contributed by atoms with E-state index in [0.29, 0.717) is 24.4 Å². The third kappa shape index (κ3) is 1.28. The van der Waals surface area contributed by atoms with Crippen LogP contribution >= 0.6 is 0 Å². The highest BCUT2D eigenvalue weighted by Gasteiger charge is 2.16. The topological polar surface area (TPSA) is 90.1 Å². The largest absolute Gasteiger partial charge is 0.373 e. The van der Waals surface area contributed by atoms with Crippen molar-refractivity contribution in [2.75, 3.05) is 6.61 Å². The number of rotatable bonds is 1. The highest BCUT2D eigenvalue weighted by atomic mass is 16.5. The van der Waals surface area contributed by atoms with E-state index in [1.165, 1.54) is 4.57 Å². The van der Waals surface area contributed by atoms with Gasteiger partial charge in [-0.1, -0.05) is 0 Å². The molecule has 0 amide bonds. The van der Waals surface area contributed by atoms with Gasteiger partial charge in [-0.3, -0.25) is 14.3 Å². The minimum absolute atomic E-state index is 0.119. The molecule has 14 heavy (non-hydrogen) atoms. The average molecular weight is 197 g/mol. The van der Waals surface area contributed by atoms with E-state index in [2.05, 4.69) is 4.98 Å².